The van der Waals surface area contributed by atoms with E-state index in [9.17, 15) is 9.90 Å². The molecule has 9 heteroatoms. The number of rotatable bonds is 7. The predicted octanol–water partition coefficient (Wildman–Crippen LogP) is -0.777. The number of aliphatic hydroxyl groups is 2. The quantitative estimate of drug-likeness (QED) is 0.558. The summed E-state index contributed by atoms with van der Waals surface area (Å²) in [6, 6.07) is 0. The van der Waals surface area contributed by atoms with Gasteiger partial charge in [-0.25, -0.2) is 4.79 Å². The normalized spacial score (nSPS) is 24.3. The zero-order valence-electron chi connectivity index (χ0n) is 13.4. The number of ether oxygens (including phenoxy) is 3. The van der Waals surface area contributed by atoms with Gasteiger partial charge in [0.1, 0.15) is 18.1 Å². The molecule has 9 nitrogen and oxygen atoms in total. The molecule has 0 amide bonds. The van der Waals surface area contributed by atoms with Crippen molar-refractivity contribution in [2.75, 3.05) is 32.7 Å². The highest BCUT2D eigenvalue weighted by Gasteiger charge is 2.35. The van der Waals surface area contributed by atoms with Crippen LogP contribution in [-0.2, 0) is 14.2 Å². The van der Waals surface area contributed by atoms with Gasteiger partial charge in [-0.2, -0.15) is 4.98 Å². The maximum atomic E-state index is 12.2. The fourth-order valence-electron chi connectivity index (χ4n) is 2.44. The van der Waals surface area contributed by atoms with Crippen molar-refractivity contribution in [2.24, 2.45) is 0 Å². The molecular formula is C14H23N3O6. The summed E-state index contributed by atoms with van der Waals surface area (Å²) in [5.41, 5.74) is 0.237. The predicted molar refractivity (Wildman–Crippen MR) is 81.1 cm³/mol. The van der Waals surface area contributed by atoms with Crippen molar-refractivity contribution < 1.29 is 24.4 Å². The van der Waals surface area contributed by atoms with Gasteiger partial charge in [0.25, 0.3) is 0 Å². The van der Waals surface area contributed by atoms with Crippen LogP contribution in [0.3, 0.4) is 0 Å². The number of anilines is 1. The molecule has 3 atom stereocenters. The Labute approximate surface area is 133 Å². The van der Waals surface area contributed by atoms with Gasteiger partial charge in [0.05, 0.1) is 19.3 Å². The zero-order chi connectivity index (χ0) is 17.0. The number of nitrogens with zero attached hydrogens (tertiary/aromatic N) is 2. The zero-order valence-corrected chi connectivity index (χ0v) is 13.4. The van der Waals surface area contributed by atoms with E-state index in [1.165, 1.54) is 18.8 Å². The summed E-state index contributed by atoms with van der Waals surface area (Å²) >= 11 is 0. The second-order valence-electron chi connectivity index (χ2n) is 5.36. The third kappa shape index (κ3) is 4.06. The number of aromatic nitrogens is 2. The molecule has 0 aromatic carbocycles. The van der Waals surface area contributed by atoms with Crippen LogP contribution in [0.4, 0.5) is 5.82 Å². The van der Waals surface area contributed by atoms with E-state index < -0.39 is 30.4 Å². The third-order valence-corrected chi connectivity index (χ3v) is 3.79. The SMILES string of the molecule is COC(CNc1nc(=O)n([C@H]2C[C@H](O)[C@@H](CO)O2)cc1C)OC. The van der Waals surface area contributed by atoms with E-state index in [2.05, 4.69) is 10.3 Å². The summed E-state index contributed by atoms with van der Waals surface area (Å²) < 4.78 is 16.9. The molecule has 0 spiro atoms. The lowest BCUT2D eigenvalue weighted by Gasteiger charge is -2.18. The third-order valence-electron chi connectivity index (χ3n) is 3.79. The van der Waals surface area contributed by atoms with E-state index in [4.69, 9.17) is 19.3 Å². The highest BCUT2D eigenvalue weighted by Crippen LogP contribution is 2.27. The largest absolute Gasteiger partial charge is 0.394 e. The molecule has 0 unspecified atom stereocenters. The molecule has 3 N–H and O–H groups in total. The Morgan fingerprint density at radius 2 is 2.22 bits per heavy atom. The summed E-state index contributed by atoms with van der Waals surface area (Å²) in [4.78, 5) is 16.2. The minimum absolute atomic E-state index is 0.231. The van der Waals surface area contributed by atoms with E-state index in [0.29, 0.717) is 12.4 Å². The molecule has 0 aliphatic carbocycles. The molecule has 2 rings (SSSR count). The number of hydrogen-bond donors (Lipinski definition) is 3. The first-order valence-electron chi connectivity index (χ1n) is 7.33. The summed E-state index contributed by atoms with van der Waals surface area (Å²) in [6.07, 6.45) is -0.732. The number of aliphatic hydroxyl groups excluding tert-OH is 2. The second kappa shape index (κ2) is 7.84. The minimum Gasteiger partial charge on any atom is -0.394 e. The van der Waals surface area contributed by atoms with Crippen molar-refractivity contribution in [3.8, 4) is 0 Å². The maximum Gasteiger partial charge on any atom is 0.351 e. The van der Waals surface area contributed by atoms with Gasteiger partial charge >= 0.3 is 5.69 Å². The maximum absolute atomic E-state index is 12.2. The number of aryl methyl sites for hydroxylation is 1. The van der Waals surface area contributed by atoms with Gasteiger partial charge in [0.15, 0.2) is 6.29 Å². The first kappa shape index (κ1) is 17.8. The van der Waals surface area contributed by atoms with Gasteiger partial charge < -0.3 is 29.7 Å². The van der Waals surface area contributed by atoms with E-state index in [-0.39, 0.29) is 13.0 Å². The number of hydrogen-bond acceptors (Lipinski definition) is 8. The van der Waals surface area contributed by atoms with Crippen LogP contribution >= 0.6 is 0 Å². The van der Waals surface area contributed by atoms with E-state index >= 15 is 0 Å². The Morgan fingerprint density at radius 1 is 1.52 bits per heavy atom. The van der Waals surface area contributed by atoms with Crippen LogP contribution in [0.5, 0.6) is 0 Å². The Kier molecular flexibility index (Phi) is 6.08. The van der Waals surface area contributed by atoms with Crippen LogP contribution in [0.1, 0.15) is 18.2 Å². The average molecular weight is 329 g/mol. The van der Waals surface area contributed by atoms with Crippen LogP contribution < -0.4 is 11.0 Å². The number of nitrogens with one attached hydrogen (secondary N) is 1. The Morgan fingerprint density at radius 3 is 2.78 bits per heavy atom. The van der Waals surface area contributed by atoms with Crippen LogP contribution in [0.2, 0.25) is 0 Å². The van der Waals surface area contributed by atoms with Crippen molar-refractivity contribution in [1.29, 1.82) is 0 Å². The molecule has 23 heavy (non-hydrogen) atoms. The topological polar surface area (TPSA) is 115 Å². The lowest BCUT2D eigenvalue weighted by atomic mass is 10.2. The second-order valence-corrected chi connectivity index (χ2v) is 5.36. The van der Waals surface area contributed by atoms with E-state index in [0.717, 1.165) is 5.56 Å². The lowest BCUT2D eigenvalue weighted by Crippen LogP contribution is -2.30. The molecule has 1 aromatic heterocycles. The van der Waals surface area contributed by atoms with Crippen molar-refractivity contribution in [3.63, 3.8) is 0 Å². The summed E-state index contributed by atoms with van der Waals surface area (Å²) in [5.74, 6) is 0.433. The van der Waals surface area contributed by atoms with Crippen molar-refractivity contribution >= 4 is 5.82 Å². The van der Waals surface area contributed by atoms with Gasteiger partial charge in [-0.3, -0.25) is 4.57 Å². The molecule has 1 aliphatic heterocycles. The monoisotopic (exact) mass is 329 g/mol. The van der Waals surface area contributed by atoms with Crippen LogP contribution in [-0.4, -0.2) is 65.6 Å². The molecular weight excluding hydrogens is 306 g/mol. The first-order chi connectivity index (χ1) is 11.0. The van der Waals surface area contributed by atoms with Gasteiger partial charge in [0.2, 0.25) is 0 Å². The number of methoxy groups -OCH3 is 2. The smallest absolute Gasteiger partial charge is 0.351 e. The molecule has 1 aromatic rings. The van der Waals surface area contributed by atoms with Gasteiger partial charge in [-0.1, -0.05) is 0 Å². The molecule has 2 heterocycles. The Balaban J connectivity index is 2.13. The van der Waals surface area contributed by atoms with Crippen molar-refractivity contribution in [3.05, 3.63) is 22.2 Å². The molecule has 130 valence electrons. The van der Waals surface area contributed by atoms with Crippen LogP contribution in [0.25, 0.3) is 0 Å². The van der Waals surface area contributed by atoms with Crippen LogP contribution in [0, 0.1) is 6.92 Å². The van der Waals surface area contributed by atoms with Crippen molar-refractivity contribution in [1.82, 2.24) is 9.55 Å². The molecule has 1 fully saturated rings. The minimum atomic E-state index is -0.806. The van der Waals surface area contributed by atoms with E-state index in [1.807, 2.05) is 0 Å². The summed E-state index contributed by atoms with van der Waals surface area (Å²) in [5, 5.41) is 21.9. The van der Waals surface area contributed by atoms with Crippen LogP contribution in [0.15, 0.2) is 11.0 Å². The van der Waals surface area contributed by atoms with Gasteiger partial charge in [0, 0.05) is 32.4 Å². The summed E-state index contributed by atoms with van der Waals surface area (Å²) in [6.45, 7) is 1.85. The van der Waals surface area contributed by atoms with E-state index in [1.54, 1.807) is 13.1 Å². The lowest BCUT2D eigenvalue weighted by molar-refractivity contribution is -0.0914. The molecule has 0 radical (unpaired) electrons. The highest BCUT2D eigenvalue weighted by atomic mass is 16.7. The van der Waals surface area contributed by atoms with Gasteiger partial charge in [-0.05, 0) is 6.92 Å². The highest BCUT2D eigenvalue weighted by molar-refractivity contribution is 5.41. The first-order valence-corrected chi connectivity index (χ1v) is 7.33. The van der Waals surface area contributed by atoms with Crippen molar-refractivity contribution in [2.45, 2.75) is 38.1 Å². The molecule has 0 saturated carbocycles. The Bertz CT molecular complexity index is 574. The molecule has 1 aliphatic rings. The molecule has 1 saturated heterocycles. The summed E-state index contributed by atoms with van der Waals surface area (Å²) in [7, 11) is 3.04. The molecule has 0 bridgehead atoms. The fourth-order valence-corrected chi connectivity index (χ4v) is 2.44. The standard InChI is InChI=1S/C14H23N3O6/c1-8-6-17(11-4-9(19)10(7-18)23-11)14(20)16-13(8)15-5-12(21-2)22-3/h6,9-12,18-19H,4-5,7H2,1-3H3,(H,15,16,20)/t9-,10+,11+/m0/s1. The fraction of sp³-hybridized carbons (Fsp3) is 0.714. The van der Waals surface area contributed by atoms with Gasteiger partial charge in [-0.15, -0.1) is 0 Å². The average Bonchev–Trinajstić information content (AvgIpc) is 2.91. The Hall–Kier alpha value is -1.52.